The van der Waals surface area contributed by atoms with E-state index in [2.05, 4.69) is 36.1 Å². The predicted molar refractivity (Wildman–Crippen MR) is 137 cm³/mol. The summed E-state index contributed by atoms with van der Waals surface area (Å²) in [6, 6.07) is 15.4. The summed E-state index contributed by atoms with van der Waals surface area (Å²) in [6.07, 6.45) is 5.50. The number of benzene rings is 1. The smallest absolute Gasteiger partial charge is 0.261 e. The summed E-state index contributed by atoms with van der Waals surface area (Å²) in [6.45, 7) is 0. The quantitative estimate of drug-likeness (QED) is 0.366. The number of aromatic nitrogens is 3. The second-order valence-electron chi connectivity index (χ2n) is 8.40. The molecule has 3 heterocycles. The fourth-order valence-electron chi connectivity index (χ4n) is 4.65. The van der Waals surface area contributed by atoms with Gasteiger partial charge < -0.3 is 15.2 Å². The van der Waals surface area contributed by atoms with Crippen LogP contribution in [0.5, 0.6) is 0 Å². The van der Waals surface area contributed by atoms with Crippen LogP contribution in [0.4, 0.5) is 0 Å². The van der Waals surface area contributed by atoms with Gasteiger partial charge in [0.25, 0.3) is 11.8 Å². The minimum absolute atomic E-state index is 0.0305. The van der Waals surface area contributed by atoms with Crippen molar-refractivity contribution in [2.75, 3.05) is 7.05 Å². The highest BCUT2D eigenvalue weighted by Crippen LogP contribution is 2.36. The van der Waals surface area contributed by atoms with Crippen LogP contribution in [0.15, 0.2) is 58.5 Å². The van der Waals surface area contributed by atoms with Gasteiger partial charge in [0, 0.05) is 30.9 Å². The lowest BCUT2D eigenvalue weighted by atomic mass is 9.90. The van der Waals surface area contributed by atoms with Gasteiger partial charge in [0.1, 0.15) is 5.69 Å². The van der Waals surface area contributed by atoms with Crippen LogP contribution >= 0.6 is 27.3 Å². The summed E-state index contributed by atoms with van der Waals surface area (Å²) in [7, 11) is 1.62. The first kappa shape index (κ1) is 22.7. The van der Waals surface area contributed by atoms with E-state index in [1.54, 1.807) is 13.2 Å². The van der Waals surface area contributed by atoms with E-state index in [-0.39, 0.29) is 23.9 Å². The average Bonchev–Trinajstić information content (AvgIpc) is 3.47. The van der Waals surface area contributed by atoms with Crippen molar-refractivity contribution in [3.8, 4) is 11.5 Å². The molecule has 9 heteroatoms. The monoisotopic (exact) mass is 537 g/mol. The Balaban J connectivity index is 1.49. The second kappa shape index (κ2) is 9.68. The molecule has 1 aliphatic carbocycles. The van der Waals surface area contributed by atoms with Crippen molar-refractivity contribution in [2.24, 2.45) is 0 Å². The van der Waals surface area contributed by atoms with E-state index in [4.69, 9.17) is 4.98 Å². The molecular formula is C25H24BrN5O2S. The molecule has 1 fully saturated rings. The molecule has 34 heavy (non-hydrogen) atoms. The maximum atomic E-state index is 12.8. The van der Waals surface area contributed by atoms with Gasteiger partial charge in [0.2, 0.25) is 0 Å². The van der Waals surface area contributed by atoms with E-state index < -0.39 is 0 Å². The Morgan fingerprint density at radius 3 is 2.74 bits per heavy atom. The number of nitrogens with zero attached hydrogens (tertiary/aromatic N) is 3. The van der Waals surface area contributed by atoms with Gasteiger partial charge in [-0.05, 0) is 84.1 Å². The maximum absolute atomic E-state index is 12.8. The number of thiophene rings is 1. The lowest BCUT2D eigenvalue weighted by molar-refractivity contribution is 0.0923. The highest BCUT2D eigenvalue weighted by atomic mass is 79.9. The lowest BCUT2D eigenvalue weighted by Crippen LogP contribution is -2.38. The van der Waals surface area contributed by atoms with Crippen LogP contribution < -0.4 is 10.6 Å². The van der Waals surface area contributed by atoms with Crippen molar-refractivity contribution in [3.05, 3.63) is 69.0 Å². The largest absolute Gasteiger partial charge is 0.355 e. The first-order valence-electron chi connectivity index (χ1n) is 11.2. The number of halogens is 1. The fourth-order valence-corrected chi connectivity index (χ4v) is 5.94. The molecule has 4 aromatic rings. The zero-order valence-electron chi connectivity index (χ0n) is 18.6. The van der Waals surface area contributed by atoms with Crippen LogP contribution in [-0.2, 0) is 0 Å². The molecule has 2 unspecified atom stereocenters. The molecule has 174 valence electrons. The number of amides is 2. The molecule has 0 radical (unpaired) electrons. The van der Waals surface area contributed by atoms with Gasteiger partial charge in [-0.1, -0.05) is 6.07 Å². The normalized spacial score (nSPS) is 18.1. The average molecular weight is 538 g/mol. The van der Waals surface area contributed by atoms with Crippen LogP contribution in [0.3, 0.4) is 0 Å². The Labute approximate surface area is 209 Å². The molecule has 0 saturated heterocycles. The number of pyridine rings is 1. The van der Waals surface area contributed by atoms with Gasteiger partial charge in [-0.2, -0.15) is 0 Å². The molecule has 5 rings (SSSR count). The molecule has 1 aliphatic rings. The topological polar surface area (TPSA) is 88.9 Å². The number of hydrogen-bond acceptors (Lipinski definition) is 5. The number of rotatable bonds is 5. The predicted octanol–water partition coefficient (Wildman–Crippen LogP) is 5.20. The van der Waals surface area contributed by atoms with Gasteiger partial charge in [-0.15, -0.1) is 11.3 Å². The molecule has 2 N–H and O–H groups in total. The third kappa shape index (κ3) is 4.50. The number of fused-ring (bicyclic) bond motifs is 1. The third-order valence-corrected chi connectivity index (χ3v) is 7.84. The zero-order valence-corrected chi connectivity index (χ0v) is 21.0. The summed E-state index contributed by atoms with van der Waals surface area (Å²) in [5.74, 6) is 0.609. The molecule has 3 aromatic heterocycles. The number of hydrogen-bond donors (Lipinski definition) is 2. The Morgan fingerprint density at radius 2 is 2.00 bits per heavy atom. The third-order valence-electron chi connectivity index (χ3n) is 6.22. The van der Waals surface area contributed by atoms with Crippen molar-refractivity contribution in [3.63, 3.8) is 0 Å². The SMILES string of the molecule is CNC(=O)c1ccc2c(c1)nc(-c1ccccn1)n2C1CCCC(NC(=O)c2ccc(Br)s2)C1. The van der Waals surface area contributed by atoms with Crippen molar-refractivity contribution in [2.45, 2.75) is 37.8 Å². The van der Waals surface area contributed by atoms with Crippen LogP contribution in [0.25, 0.3) is 22.6 Å². The van der Waals surface area contributed by atoms with E-state index in [0.717, 1.165) is 52.0 Å². The molecule has 1 saturated carbocycles. The van der Waals surface area contributed by atoms with Gasteiger partial charge in [0.05, 0.1) is 19.7 Å². The first-order valence-corrected chi connectivity index (χ1v) is 12.9. The Kier molecular flexibility index (Phi) is 6.47. The Hall–Kier alpha value is -3.04. The van der Waals surface area contributed by atoms with E-state index in [1.165, 1.54) is 11.3 Å². The standard InChI is InChI=1S/C25H24BrN5O2S/c1-27-24(32)15-8-9-20-19(13-15)30-23(18-7-2-3-12-28-18)31(20)17-6-4-5-16(14-17)29-25(33)21-10-11-22(26)34-21/h2-3,7-13,16-17H,4-6,14H2,1H3,(H,27,32)(H,29,33). The van der Waals surface area contributed by atoms with Crippen molar-refractivity contribution in [1.82, 2.24) is 25.2 Å². The van der Waals surface area contributed by atoms with Gasteiger partial charge in [0.15, 0.2) is 5.82 Å². The molecule has 2 atom stereocenters. The van der Waals surface area contributed by atoms with Crippen LogP contribution in [-0.4, -0.2) is 39.4 Å². The van der Waals surface area contributed by atoms with E-state index in [1.807, 2.05) is 48.5 Å². The maximum Gasteiger partial charge on any atom is 0.261 e. The highest BCUT2D eigenvalue weighted by molar-refractivity contribution is 9.11. The summed E-state index contributed by atoms with van der Waals surface area (Å²) >= 11 is 4.87. The zero-order chi connectivity index (χ0) is 23.7. The van der Waals surface area contributed by atoms with E-state index in [9.17, 15) is 9.59 Å². The van der Waals surface area contributed by atoms with Crippen molar-refractivity contribution < 1.29 is 9.59 Å². The van der Waals surface area contributed by atoms with Gasteiger partial charge in [-0.25, -0.2) is 4.98 Å². The molecule has 1 aromatic carbocycles. The van der Waals surface area contributed by atoms with E-state index >= 15 is 0 Å². The van der Waals surface area contributed by atoms with Gasteiger partial charge >= 0.3 is 0 Å². The second-order valence-corrected chi connectivity index (χ2v) is 10.9. The molecule has 0 spiro atoms. The van der Waals surface area contributed by atoms with Gasteiger partial charge in [-0.3, -0.25) is 14.6 Å². The molecule has 0 aliphatic heterocycles. The van der Waals surface area contributed by atoms with Crippen LogP contribution in [0, 0.1) is 0 Å². The Bertz CT molecular complexity index is 1350. The first-order chi connectivity index (χ1) is 16.5. The molecular weight excluding hydrogens is 514 g/mol. The van der Waals surface area contributed by atoms with Crippen LogP contribution in [0.1, 0.15) is 51.8 Å². The minimum Gasteiger partial charge on any atom is -0.355 e. The van der Waals surface area contributed by atoms with E-state index in [0.29, 0.717) is 10.4 Å². The lowest BCUT2D eigenvalue weighted by Gasteiger charge is -2.31. The minimum atomic E-state index is -0.142. The summed E-state index contributed by atoms with van der Waals surface area (Å²) in [5.41, 5.74) is 3.08. The molecule has 7 nitrogen and oxygen atoms in total. The highest BCUT2D eigenvalue weighted by Gasteiger charge is 2.29. The number of nitrogens with one attached hydrogen (secondary N) is 2. The number of carbonyl (C=O) groups is 2. The van der Waals surface area contributed by atoms with Crippen LogP contribution in [0.2, 0.25) is 0 Å². The molecule has 0 bridgehead atoms. The number of imidazole rings is 1. The number of carbonyl (C=O) groups excluding carboxylic acids is 2. The summed E-state index contributed by atoms with van der Waals surface area (Å²) in [4.78, 5) is 35.1. The summed E-state index contributed by atoms with van der Waals surface area (Å²) < 4.78 is 3.19. The summed E-state index contributed by atoms with van der Waals surface area (Å²) in [5, 5.41) is 5.90. The van der Waals surface area contributed by atoms with Crippen molar-refractivity contribution in [1.29, 1.82) is 0 Å². The molecule has 2 amide bonds. The fraction of sp³-hybridized carbons (Fsp3) is 0.280. The Morgan fingerprint density at radius 1 is 1.12 bits per heavy atom. The van der Waals surface area contributed by atoms with Crippen molar-refractivity contribution >= 4 is 50.1 Å².